The van der Waals surface area contributed by atoms with Crippen molar-refractivity contribution in [2.75, 3.05) is 26.1 Å². The van der Waals surface area contributed by atoms with Gasteiger partial charge in [0.15, 0.2) is 11.5 Å². The summed E-state index contributed by atoms with van der Waals surface area (Å²) in [6, 6.07) is 3.67. The zero-order valence-electron chi connectivity index (χ0n) is 14.8. The summed E-state index contributed by atoms with van der Waals surface area (Å²) in [5, 5.41) is 13.1. The number of nitrogens with zero attached hydrogens (tertiary/aromatic N) is 1. The van der Waals surface area contributed by atoms with E-state index in [4.69, 9.17) is 9.47 Å². The topological polar surface area (TPSA) is 122 Å². The highest BCUT2D eigenvalue weighted by molar-refractivity contribution is 6.01. The molecule has 0 aliphatic carbocycles. The van der Waals surface area contributed by atoms with Gasteiger partial charge in [0.2, 0.25) is 0 Å². The number of carbonyl (C=O) groups excluding carboxylic acids is 2. The monoisotopic (exact) mass is 374 g/mol. The van der Waals surface area contributed by atoms with Gasteiger partial charge in [-0.15, -0.1) is 0 Å². The van der Waals surface area contributed by atoms with Gasteiger partial charge in [0.05, 0.1) is 25.5 Å². The van der Waals surface area contributed by atoms with E-state index in [-0.39, 0.29) is 22.7 Å². The molecule has 9 nitrogen and oxygen atoms in total. The van der Waals surface area contributed by atoms with E-state index in [1.807, 2.05) is 0 Å². The smallest absolute Gasteiger partial charge is 0.328 e. The second-order valence-corrected chi connectivity index (χ2v) is 6.07. The number of likely N-dealkylation sites (tertiary alicyclic amines) is 1. The molecule has 27 heavy (non-hydrogen) atoms. The largest absolute Gasteiger partial charge is 0.505 e. The molecule has 3 rings (SSSR count). The number of hydrogen-bond acceptors (Lipinski definition) is 8. The molecule has 9 heteroatoms. The van der Waals surface area contributed by atoms with Crippen LogP contribution >= 0.6 is 0 Å². The molecule has 0 unspecified atom stereocenters. The number of methoxy groups -OCH3 is 2. The van der Waals surface area contributed by atoms with Crippen LogP contribution in [0, 0.1) is 0 Å². The summed E-state index contributed by atoms with van der Waals surface area (Å²) in [7, 11) is 2.50. The number of aromatic hydroxyl groups is 1. The van der Waals surface area contributed by atoms with Crippen molar-refractivity contribution in [3.63, 3.8) is 0 Å². The number of para-hydroxylation sites is 1. The summed E-state index contributed by atoms with van der Waals surface area (Å²) < 4.78 is 9.57. The number of hydrogen-bond donors (Lipinski definition) is 2. The molecule has 1 amide bonds. The predicted octanol–water partition coefficient (Wildman–Crippen LogP) is 0.518. The number of amides is 1. The average molecular weight is 374 g/mol. The second-order valence-electron chi connectivity index (χ2n) is 6.07. The maximum Gasteiger partial charge on any atom is 0.328 e. The molecule has 2 aromatic rings. The highest BCUT2D eigenvalue weighted by atomic mass is 16.5. The van der Waals surface area contributed by atoms with Crippen molar-refractivity contribution in [1.82, 2.24) is 4.90 Å². The van der Waals surface area contributed by atoms with Crippen LogP contribution in [0.15, 0.2) is 27.8 Å². The number of ether oxygens (including phenoxy) is 2. The Morgan fingerprint density at radius 2 is 1.96 bits per heavy atom. The summed E-state index contributed by atoms with van der Waals surface area (Å²) in [5.41, 5.74) is -1.58. The van der Waals surface area contributed by atoms with Crippen LogP contribution in [0.1, 0.15) is 23.2 Å². The van der Waals surface area contributed by atoms with E-state index in [1.54, 1.807) is 0 Å². The summed E-state index contributed by atoms with van der Waals surface area (Å²) in [4.78, 5) is 49.1. The zero-order chi connectivity index (χ0) is 19.7. The molecule has 1 aliphatic heterocycles. The summed E-state index contributed by atoms with van der Waals surface area (Å²) in [6.45, 7) is 0.363. The molecule has 1 fully saturated rings. The minimum absolute atomic E-state index is 0.0338. The number of carbonyl (C=O) groups is 2. The third-order valence-corrected chi connectivity index (χ3v) is 4.58. The number of phenols is 1. The van der Waals surface area contributed by atoms with Crippen molar-refractivity contribution in [2.24, 2.45) is 0 Å². The number of esters is 1. The molecule has 142 valence electrons. The third kappa shape index (κ3) is 3.01. The first-order chi connectivity index (χ1) is 12.9. The van der Waals surface area contributed by atoms with Gasteiger partial charge >= 0.3 is 5.97 Å². The molecule has 1 heterocycles. The van der Waals surface area contributed by atoms with Gasteiger partial charge in [-0.1, -0.05) is 6.07 Å². The highest BCUT2D eigenvalue weighted by Crippen LogP contribution is 2.33. The Morgan fingerprint density at radius 1 is 1.22 bits per heavy atom. The molecule has 2 N–H and O–H groups in total. The van der Waals surface area contributed by atoms with Crippen LogP contribution in [-0.2, 0) is 9.53 Å². The van der Waals surface area contributed by atoms with Crippen LogP contribution in [0.2, 0.25) is 0 Å². The van der Waals surface area contributed by atoms with Gasteiger partial charge < -0.3 is 24.8 Å². The normalized spacial score (nSPS) is 16.4. The van der Waals surface area contributed by atoms with Gasteiger partial charge in [0.1, 0.15) is 11.7 Å². The Balaban J connectivity index is 1.90. The van der Waals surface area contributed by atoms with Crippen LogP contribution < -0.4 is 20.9 Å². The molecule has 0 bridgehead atoms. The van der Waals surface area contributed by atoms with Gasteiger partial charge in [0, 0.05) is 6.54 Å². The number of nitrogens with one attached hydrogen (secondary N) is 1. The number of phenolic OH excluding ortho intramolecular Hbond substituents is 1. The lowest BCUT2D eigenvalue weighted by molar-refractivity contribution is -0.145. The van der Waals surface area contributed by atoms with E-state index in [0.29, 0.717) is 19.4 Å². The van der Waals surface area contributed by atoms with Crippen LogP contribution in [0.25, 0.3) is 0 Å². The minimum Gasteiger partial charge on any atom is -0.505 e. The maximum atomic E-state index is 12.8. The molecule has 0 spiro atoms. The molecule has 0 radical (unpaired) electrons. The number of anilines is 2. The summed E-state index contributed by atoms with van der Waals surface area (Å²) in [5.74, 6) is -1.57. The third-order valence-electron chi connectivity index (χ3n) is 4.58. The first kappa shape index (κ1) is 18.4. The zero-order valence-corrected chi connectivity index (χ0v) is 14.8. The van der Waals surface area contributed by atoms with Crippen molar-refractivity contribution < 1.29 is 24.2 Å². The van der Waals surface area contributed by atoms with E-state index >= 15 is 0 Å². The standard InChI is InChI=1S/C18H18N2O7/c1-26-16-12(14(22)15(16)23)19-10-6-3-5-9(13(10)21)17(24)20-8-4-7-11(20)18(25)27-2/h3,5-6,11,19,21H,4,7-8H2,1-2H3/t11-/m1/s1. The fourth-order valence-electron chi connectivity index (χ4n) is 3.18. The van der Waals surface area contributed by atoms with Gasteiger partial charge in [-0.3, -0.25) is 14.4 Å². The molecular formula is C18H18N2O7. The average Bonchev–Trinajstić information content (AvgIpc) is 3.17. The Morgan fingerprint density at radius 3 is 2.63 bits per heavy atom. The predicted molar refractivity (Wildman–Crippen MR) is 95.4 cm³/mol. The van der Waals surface area contributed by atoms with Crippen LogP contribution in [0.5, 0.6) is 11.5 Å². The summed E-state index contributed by atoms with van der Waals surface area (Å²) in [6.07, 6.45) is 1.13. The summed E-state index contributed by atoms with van der Waals surface area (Å²) >= 11 is 0. The van der Waals surface area contributed by atoms with Crippen molar-refractivity contribution in [1.29, 1.82) is 0 Å². The highest BCUT2D eigenvalue weighted by Gasteiger charge is 2.36. The molecule has 2 aromatic carbocycles. The van der Waals surface area contributed by atoms with Crippen molar-refractivity contribution in [3.8, 4) is 11.5 Å². The lowest BCUT2D eigenvalue weighted by atomic mass is 10.1. The Bertz CT molecular complexity index is 975. The van der Waals surface area contributed by atoms with Crippen molar-refractivity contribution in [2.45, 2.75) is 18.9 Å². The van der Waals surface area contributed by atoms with E-state index in [9.17, 15) is 24.3 Å². The molecule has 1 atom stereocenters. The van der Waals surface area contributed by atoms with E-state index < -0.39 is 34.5 Å². The Hall–Kier alpha value is -3.36. The van der Waals surface area contributed by atoms with Gasteiger partial charge in [-0.05, 0) is 25.0 Å². The number of rotatable bonds is 5. The SMILES string of the molecule is COC(=O)[C@H]1CCCN1C(=O)c1cccc(Nc2c(OC)c(=O)c2=O)c1O. The minimum atomic E-state index is -0.770. The quantitative estimate of drug-likeness (QED) is 0.441. The van der Waals surface area contributed by atoms with E-state index in [1.165, 1.54) is 37.3 Å². The van der Waals surface area contributed by atoms with Gasteiger partial charge in [-0.2, -0.15) is 0 Å². The van der Waals surface area contributed by atoms with Crippen LogP contribution in [0.4, 0.5) is 11.4 Å². The Kier molecular flexibility index (Phi) is 4.85. The maximum absolute atomic E-state index is 12.8. The van der Waals surface area contributed by atoms with Crippen molar-refractivity contribution >= 4 is 23.3 Å². The van der Waals surface area contributed by atoms with Crippen molar-refractivity contribution in [3.05, 3.63) is 44.2 Å². The molecule has 1 saturated heterocycles. The first-order valence-corrected chi connectivity index (χ1v) is 8.25. The van der Waals surface area contributed by atoms with E-state index in [2.05, 4.69) is 5.32 Å². The van der Waals surface area contributed by atoms with Gasteiger partial charge in [0.25, 0.3) is 16.8 Å². The first-order valence-electron chi connectivity index (χ1n) is 8.25. The van der Waals surface area contributed by atoms with Gasteiger partial charge in [-0.25, -0.2) is 4.79 Å². The molecular weight excluding hydrogens is 356 g/mol. The molecule has 0 saturated carbocycles. The lowest BCUT2D eigenvalue weighted by Crippen LogP contribution is -2.41. The molecule has 0 aromatic heterocycles. The second kappa shape index (κ2) is 7.10. The fourth-order valence-corrected chi connectivity index (χ4v) is 3.18. The van der Waals surface area contributed by atoms with Crippen LogP contribution in [0.3, 0.4) is 0 Å². The van der Waals surface area contributed by atoms with E-state index in [0.717, 1.165) is 0 Å². The Labute approximate surface area is 153 Å². The fraction of sp³-hybridized carbons (Fsp3) is 0.333. The molecule has 1 aliphatic rings. The number of benzene rings is 1. The van der Waals surface area contributed by atoms with Crippen LogP contribution in [-0.4, -0.2) is 48.7 Å². The lowest BCUT2D eigenvalue weighted by Gasteiger charge is -2.23.